The summed E-state index contributed by atoms with van der Waals surface area (Å²) in [5.41, 5.74) is 0. The van der Waals surface area contributed by atoms with Gasteiger partial charge >= 0.3 is 12.0 Å². The van der Waals surface area contributed by atoms with Crippen LogP contribution in [0.3, 0.4) is 0 Å². The lowest BCUT2D eigenvalue weighted by molar-refractivity contribution is -0.145. The molecule has 1 saturated heterocycles. The lowest BCUT2D eigenvalue weighted by Crippen LogP contribution is -2.48. The van der Waals surface area contributed by atoms with Crippen LogP contribution >= 0.6 is 11.6 Å². The van der Waals surface area contributed by atoms with Gasteiger partial charge < -0.3 is 9.64 Å². The van der Waals surface area contributed by atoms with E-state index in [0.29, 0.717) is 13.0 Å². The van der Waals surface area contributed by atoms with E-state index < -0.39 is 23.9 Å². The third-order valence-corrected chi connectivity index (χ3v) is 2.74. The molecular weight excluding hydrogens is 248 g/mol. The Balaban J connectivity index is 2.56. The fourth-order valence-corrected chi connectivity index (χ4v) is 1.90. The third-order valence-electron chi connectivity index (χ3n) is 2.55. The molecule has 1 unspecified atom stereocenters. The van der Waals surface area contributed by atoms with Crippen LogP contribution in [0.15, 0.2) is 0 Å². The zero-order valence-electron chi connectivity index (χ0n) is 9.57. The molecule has 1 fully saturated rings. The number of alkyl halides is 1. The Morgan fingerprint density at radius 1 is 1.47 bits per heavy atom. The zero-order chi connectivity index (χ0) is 12.8. The SMILES string of the molecule is COC(=O)C1CCCN1C(=O)NC(=O)CCCl. The summed E-state index contributed by atoms with van der Waals surface area (Å²) in [6, 6.07) is -1.16. The van der Waals surface area contributed by atoms with Crippen LogP contribution in [0.25, 0.3) is 0 Å². The van der Waals surface area contributed by atoms with Crippen molar-refractivity contribution in [2.75, 3.05) is 19.5 Å². The van der Waals surface area contributed by atoms with Crippen molar-refractivity contribution in [1.82, 2.24) is 10.2 Å². The van der Waals surface area contributed by atoms with E-state index in [1.165, 1.54) is 12.0 Å². The van der Waals surface area contributed by atoms with Gasteiger partial charge in [0.2, 0.25) is 5.91 Å². The number of ether oxygens (including phenoxy) is 1. The van der Waals surface area contributed by atoms with Gasteiger partial charge in [-0.25, -0.2) is 9.59 Å². The van der Waals surface area contributed by atoms with Crippen LogP contribution in [0.5, 0.6) is 0 Å². The fourth-order valence-electron chi connectivity index (χ4n) is 1.73. The largest absolute Gasteiger partial charge is 0.467 e. The van der Waals surface area contributed by atoms with Gasteiger partial charge in [-0.1, -0.05) is 0 Å². The summed E-state index contributed by atoms with van der Waals surface area (Å²) in [5.74, 6) is -0.748. The smallest absolute Gasteiger partial charge is 0.328 e. The van der Waals surface area contributed by atoms with Crippen LogP contribution in [0, 0.1) is 0 Å². The van der Waals surface area contributed by atoms with Gasteiger partial charge in [0.05, 0.1) is 7.11 Å². The fraction of sp³-hybridized carbons (Fsp3) is 0.700. The first-order chi connectivity index (χ1) is 8.10. The van der Waals surface area contributed by atoms with Crippen LogP contribution < -0.4 is 5.32 Å². The molecule has 1 N–H and O–H groups in total. The van der Waals surface area contributed by atoms with Crippen molar-refractivity contribution in [2.24, 2.45) is 0 Å². The molecule has 17 heavy (non-hydrogen) atoms. The summed E-state index contributed by atoms with van der Waals surface area (Å²) in [5, 5.41) is 2.19. The number of carbonyl (C=O) groups is 3. The van der Waals surface area contributed by atoms with Gasteiger partial charge in [-0.2, -0.15) is 0 Å². The van der Waals surface area contributed by atoms with Gasteiger partial charge in [-0.3, -0.25) is 10.1 Å². The minimum absolute atomic E-state index is 0.0734. The highest BCUT2D eigenvalue weighted by Crippen LogP contribution is 2.18. The summed E-state index contributed by atoms with van der Waals surface area (Å²) in [6.07, 6.45) is 1.35. The van der Waals surface area contributed by atoms with E-state index in [1.54, 1.807) is 0 Å². The number of halogens is 1. The number of methoxy groups -OCH3 is 1. The molecule has 96 valence electrons. The normalized spacial score (nSPS) is 18.9. The lowest BCUT2D eigenvalue weighted by atomic mass is 10.2. The standard InChI is InChI=1S/C10H15ClN2O4/c1-17-9(15)7-3-2-6-13(7)10(16)12-8(14)4-5-11/h7H,2-6H2,1H3,(H,12,14,16). The van der Waals surface area contributed by atoms with Crippen LogP contribution in [0.1, 0.15) is 19.3 Å². The Morgan fingerprint density at radius 2 is 2.18 bits per heavy atom. The first-order valence-corrected chi connectivity index (χ1v) is 5.88. The quantitative estimate of drug-likeness (QED) is 0.593. The van der Waals surface area contributed by atoms with Gasteiger partial charge in [-0.05, 0) is 12.8 Å². The van der Waals surface area contributed by atoms with Crippen molar-refractivity contribution >= 4 is 29.5 Å². The number of carbonyl (C=O) groups excluding carboxylic acids is 3. The average Bonchev–Trinajstić information content (AvgIpc) is 2.77. The predicted molar refractivity (Wildman–Crippen MR) is 60.6 cm³/mol. The predicted octanol–water partition coefficient (Wildman–Crippen LogP) is 0.489. The van der Waals surface area contributed by atoms with E-state index in [0.717, 1.165) is 6.42 Å². The number of rotatable bonds is 3. The molecule has 1 rings (SSSR count). The number of esters is 1. The van der Waals surface area contributed by atoms with Crippen molar-refractivity contribution in [3.05, 3.63) is 0 Å². The molecule has 0 bridgehead atoms. The molecule has 1 atom stereocenters. The number of imide groups is 1. The van der Waals surface area contributed by atoms with Gasteiger partial charge in [0.1, 0.15) is 6.04 Å². The highest BCUT2D eigenvalue weighted by molar-refractivity contribution is 6.19. The Hall–Kier alpha value is -1.30. The molecule has 0 saturated carbocycles. The number of nitrogens with one attached hydrogen (secondary N) is 1. The molecule has 7 heteroatoms. The number of hydrogen-bond acceptors (Lipinski definition) is 4. The van der Waals surface area contributed by atoms with E-state index in [9.17, 15) is 14.4 Å². The molecule has 0 spiro atoms. The third kappa shape index (κ3) is 3.59. The van der Waals surface area contributed by atoms with Gasteiger partial charge in [0.15, 0.2) is 0 Å². The summed E-state index contributed by atoms with van der Waals surface area (Å²) >= 11 is 5.38. The number of hydrogen-bond donors (Lipinski definition) is 1. The van der Waals surface area contributed by atoms with Crippen LogP contribution in [0.4, 0.5) is 4.79 Å². The summed E-state index contributed by atoms with van der Waals surface area (Å²) < 4.78 is 4.60. The molecule has 0 aromatic carbocycles. The van der Waals surface area contributed by atoms with E-state index in [4.69, 9.17) is 11.6 Å². The van der Waals surface area contributed by atoms with Crippen molar-refractivity contribution in [2.45, 2.75) is 25.3 Å². The minimum Gasteiger partial charge on any atom is -0.467 e. The highest BCUT2D eigenvalue weighted by Gasteiger charge is 2.35. The molecule has 0 aliphatic carbocycles. The maximum atomic E-state index is 11.7. The molecule has 1 heterocycles. The van der Waals surface area contributed by atoms with Crippen molar-refractivity contribution in [1.29, 1.82) is 0 Å². The zero-order valence-corrected chi connectivity index (χ0v) is 10.3. The molecule has 0 aromatic rings. The molecule has 3 amide bonds. The van der Waals surface area contributed by atoms with E-state index in [2.05, 4.69) is 10.1 Å². The van der Waals surface area contributed by atoms with Crippen LogP contribution in [-0.2, 0) is 14.3 Å². The maximum Gasteiger partial charge on any atom is 0.328 e. The van der Waals surface area contributed by atoms with E-state index in [-0.39, 0.29) is 12.3 Å². The van der Waals surface area contributed by atoms with Gasteiger partial charge in [0.25, 0.3) is 0 Å². The van der Waals surface area contributed by atoms with Crippen LogP contribution in [0.2, 0.25) is 0 Å². The number of nitrogens with zero attached hydrogens (tertiary/aromatic N) is 1. The monoisotopic (exact) mass is 262 g/mol. The minimum atomic E-state index is -0.594. The second-order valence-electron chi connectivity index (χ2n) is 3.67. The summed E-state index contributed by atoms with van der Waals surface area (Å²) in [4.78, 5) is 35.6. The Labute approximate surface area is 104 Å². The Bertz CT molecular complexity index is 321. The first kappa shape index (κ1) is 13.8. The molecule has 0 aromatic heterocycles. The Kier molecular flexibility index (Phi) is 5.21. The highest BCUT2D eigenvalue weighted by atomic mass is 35.5. The van der Waals surface area contributed by atoms with Gasteiger partial charge in [-0.15, -0.1) is 11.6 Å². The second-order valence-corrected chi connectivity index (χ2v) is 4.04. The first-order valence-electron chi connectivity index (χ1n) is 5.34. The average molecular weight is 263 g/mol. The Morgan fingerprint density at radius 3 is 2.76 bits per heavy atom. The van der Waals surface area contributed by atoms with Crippen molar-refractivity contribution in [3.63, 3.8) is 0 Å². The molecule has 1 aliphatic heterocycles. The maximum absolute atomic E-state index is 11.7. The number of likely N-dealkylation sites (tertiary alicyclic amines) is 1. The second kappa shape index (κ2) is 6.44. The molecule has 6 nitrogen and oxygen atoms in total. The molecular formula is C10H15ClN2O4. The topological polar surface area (TPSA) is 75.7 Å². The number of urea groups is 1. The van der Waals surface area contributed by atoms with Crippen molar-refractivity contribution in [3.8, 4) is 0 Å². The van der Waals surface area contributed by atoms with Crippen molar-refractivity contribution < 1.29 is 19.1 Å². The lowest BCUT2D eigenvalue weighted by Gasteiger charge is -2.22. The number of amides is 3. The van der Waals surface area contributed by atoms with E-state index in [1.807, 2.05) is 0 Å². The van der Waals surface area contributed by atoms with E-state index >= 15 is 0 Å². The summed E-state index contributed by atoms with van der Waals surface area (Å²) in [6.45, 7) is 0.444. The molecule has 0 radical (unpaired) electrons. The van der Waals surface area contributed by atoms with Gasteiger partial charge in [0, 0.05) is 18.8 Å². The summed E-state index contributed by atoms with van der Waals surface area (Å²) in [7, 11) is 1.27. The van der Waals surface area contributed by atoms with Crippen LogP contribution in [-0.4, -0.2) is 48.4 Å². The molecule has 1 aliphatic rings.